The van der Waals surface area contributed by atoms with E-state index in [1.165, 1.54) is 5.56 Å². The Morgan fingerprint density at radius 2 is 1.67 bits per heavy atom. The fraction of sp³-hybridized carbons (Fsp3) is 0.310. The van der Waals surface area contributed by atoms with Crippen molar-refractivity contribution in [3.63, 3.8) is 0 Å². The van der Waals surface area contributed by atoms with Crippen LogP contribution in [-0.4, -0.2) is 55.2 Å². The summed E-state index contributed by atoms with van der Waals surface area (Å²) in [5.41, 5.74) is 3.91. The highest BCUT2D eigenvalue weighted by molar-refractivity contribution is 7.22. The maximum absolute atomic E-state index is 13.8. The van der Waals surface area contributed by atoms with Gasteiger partial charge in [0.05, 0.1) is 23.4 Å². The van der Waals surface area contributed by atoms with Gasteiger partial charge in [-0.15, -0.1) is 0 Å². The lowest BCUT2D eigenvalue weighted by atomic mass is 10.1. The minimum atomic E-state index is -0.0439. The first-order valence-electron chi connectivity index (χ1n) is 12.4. The second-order valence-corrected chi connectivity index (χ2v) is 10.1. The quantitative estimate of drug-likeness (QED) is 0.293. The second kappa shape index (κ2) is 11.2. The topological polar surface area (TPSA) is 54.9 Å². The largest absolute Gasteiger partial charge is 0.457 e. The molecule has 0 bridgehead atoms. The monoisotopic (exact) mass is 501 g/mol. The molecule has 2 heterocycles. The summed E-state index contributed by atoms with van der Waals surface area (Å²) in [6, 6.07) is 21.2. The molecule has 0 N–H and O–H groups in total. The minimum Gasteiger partial charge on any atom is -0.457 e. The minimum absolute atomic E-state index is 0.0439. The predicted octanol–water partition coefficient (Wildman–Crippen LogP) is 6.07. The molecule has 1 aliphatic rings. The van der Waals surface area contributed by atoms with Crippen LogP contribution < -0.4 is 9.64 Å². The van der Waals surface area contributed by atoms with E-state index in [4.69, 9.17) is 14.5 Å². The lowest BCUT2D eigenvalue weighted by molar-refractivity contribution is 0.0376. The number of carbonyl (C=O) groups excluding carboxylic acids is 1. The van der Waals surface area contributed by atoms with Crippen LogP contribution in [0.1, 0.15) is 27.9 Å². The zero-order valence-corrected chi connectivity index (χ0v) is 21.6. The molecule has 36 heavy (non-hydrogen) atoms. The van der Waals surface area contributed by atoms with Crippen LogP contribution in [-0.2, 0) is 4.74 Å². The highest BCUT2D eigenvalue weighted by Crippen LogP contribution is 2.34. The van der Waals surface area contributed by atoms with E-state index in [-0.39, 0.29) is 5.91 Å². The molecule has 0 spiro atoms. The zero-order chi connectivity index (χ0) is 24.9. The molecule has 7 heteroatoms. The van der Waals surface area contributed by atoms with Crippen molar-refractivity contribution in [2.75, 3.05) is 44.3 Å². The summed E-state index contributed by atoms with van der Waals surface area (Å²) in [5, 5.41) is 0.749. The van der Waals surface area contributed by atoms with Crippen LogP contribution >= 0.6 is 11.3 Å². The Morgan fingerprint density at radius 1 is 0.972 bits per heavy atom. The molecule has 0 unspecified atom stereocenters. The van der Waals surface area contributed by atoms with Crippen molar-refractivity contribution in [2.45, 2.75) is 20.3 Å². The number of hydrogen-bond acceptors (Lipinski definition) is 6. The van der Waals surface area contributed by atoms with Gasteiger partial charge >= 0.3 is 0 Å². The zero-order valence-electron chi connectivity index (χ0n) is 20.8. The van der Waals surface area contributed by atoms with Gasteiger partial charge < -0.3 is 9.47 Å². The Kier molecular flexibility index (Phi) is 7.60. The molecule has 4 aromatic rings. The van der Waals surface area contributed by atoms with Gasteiger partial charge in [-0.2, -0.15) is 0 Å². The average molecular weight is 502 g/mol. The third-order valence-corrected chi connectivity index (χ3v) is 7.66. The van der Waals surface area contributed by atoms with E-state index in [1.807, 2.05) is 59.5 Å². The summed E-state index contributed by atoms with van der Waals surface area (Å²) in [6.07, 6.45) is 0.870. The first-order valence-corrected chi connectivity index (χ1v) is 13.2. The van der Waals surface area contributed by atoms with Crippen LogP contribution in [0.2, 0.25) is 0 Å². The molecule has 6 nitrogen and oxygen atoms in total. The number of ether oxygens (including phenoxy) is 2. The number of aryl methyl sites for hydroxylation is 2. The lowest BCUT2D eigenvalue weighted by Crippen LogP contribution is -2.39. The molecule has 0 atom stereocenters. The van der Waals surface area contributed by atoms with E-state index in [0.717, 1.165) is 65.9 Å². The molecular formula is C29H31N3O3S. The van der Waals surface area contributed by atoms with Crippen LogP contribution in [0, 0.1) is 13.8 Å². The van der Waals surface area contributed by atoms with Gasteiger partial charge in [0.25, 0.3) is 5.91 Å². The Hall–Kier alpha value is -3.26. The third kappa shape index (κ3) is 5.59. The number of benzene rings is 3. The summed E-state index contributed by atoms with van der Waals surface area (Å²) in [5.74, 6) is 1.42. The summed E-state index contributed by atoms with van der Waals surface area (Å²) in [4.78, 5) is 22.9. The normalized spacial score (nSPS) is 14.2. The van der Waals surface area contributed by atoms with Gasteiger partial charge in [0.15, 0.2) is 5.13 Å². The predicted molar refractivity (Wildman–Crippen MR) is 146 cm³/mol. The summed E-state index contributed by atoms with van der Waals surface area (Å²) in [7, 11) is 0. The van der Waals surface area contributed by atoms with Crippen molar-refractivity contribution < 1.29 is 14.3 Å². The first kappa shape index (κ1) is 24.4. The Bertz CT molecular complexity index is 1280. The highest BCUT2D eigenvalue weighted by atomic mass is 32.1. The van der Waals surface area contributed by atoms with Crippen molar-refractivity contribution in [3.8, 4) is 11.5 Å². The SMILES string of the molecule is Cc1ccc(C)c2sc(N(CCCN3CCOCC3)C(=O)c3ccc(Oc4ccccc4)cc3)nc12. The molecule has 0 radical (unpaired) electrons. The van der Waals surface area contributed by atoms with Crippen molar-refractivity contribution in [3.05, 3.63) is 83.4 Å². The van der Waals surface area contributed by atoms with E-state index in [0.29, 0.717) is 17.9 Å². The molecule has 3 aromatic carbocycles. The van der Waals surface area contributed by atoms with Gasteiger partial charge in [0, 0.05) is 31.7 Å². The molecule has 1 saturated heterocycles. The number of aromatic nitrogens is 1. The van der Waals surface area contributed by atoms with Crippen LogP contribution in [0.5, 0.6) is 11.5 Å². The Labute approximate surface area is 216 Å². The van der Waals surface area contributed by atoms with Crippen molar-refractivity contribution in [1.29, 1.82) is 0 Å². The van der Waals surface area contributed by atoms with E-state index in [2.05, 4.69) is 30.9 Å². The standard InChI is InChI=1S/C29H31N3O3S/c1-21-9-10-22(2)27-26(21)30-29(36-27)32(16-6-15-31-17-19-34-20-18-31)28(33)23-11-13-25(14-12-23)35-24-7-4-3-5-8-24/h3-5,7-14H,6,15-20H2,1-2H3. The van der Waals surface area contributed by atoms with E-state index in [1.54, 1.807) is 11.3 Å². The number of thiazole rings is 1. The molecule has 1 amide bonds. The lowest BCUT2D eigenvalue weighted by Gasteiger charge is -2.27. The van der Waals surface area contributed by atoms with Crippen molar-refractivity contribution >= 4 is 32.6 Å². The van der Waals surface area contributed by atoms with E-state index in [9.17, 15) is 4.79 Å². The number of amides is 1. The van der Waals surface area contributed by atoms with Crippen molar-refractivity contribution in [2.24, 2.45) is 0 Å². The number of para-hydroxylation sites is 1. The Balaban J connectivity index is 1.37. The summed E-state index contributed by atoms with van der Waals surface area (Å²) >= 11 is 1.60. The first-order chi connectivity index (χ1) is 17.6. The summed E-state index contributed by atoms with van der Waals surface area (Å²) in [6.45, 7) is 9.14. The van der Waals surface area contributed by atoms with Gasteiger partial charge in [-0.1, -0.05) is 41.7 Å². The van der Waals surface area contributed by atoms with Gasteiger partial charge in [0.2, 0.25) is 0 Å². The molecule has 1 aromatic heterocycles. The molecule has 1 aliphatic heterocycles. The maximum Gasteiger partial charge on any atom is 0.260 e. The van der Waals surface area contributed by atoms with Crippen LogP contribution in [0.3, 0.4) is 0 Å². The number of hydrogen-bond donors (Lipinski definition) is 0. The van der Waals surface area contributed by atoms with Crippen molar-refractivity contribution in [1.82, 2.24) is 9.88 Å². The number of morpholine rings is 1. The average Bonchev–Trinajstić information content (AvgIpc) is 3.37. The smallest absolute Gasteiger partial charge is 0.260 e. The maximum atomic E-state index is 13.8. The van der Waals surface area contributed by atoms with Gasteiger partial charge in [-0.25, -0.2) is 4.98 Å². The van der Waals surface area contributed by atoms with Gasteiger partial charge in [-0.05, 0) is 67.8 Å². The fourth-order valence-electron chi connectivity index (χ4n) is 4.37. The van der Waals surface area contributed by atoms with Crippen LogP contribution in [0.25, 0.3) is 10.2 Å². The van der Waals surface area contributed by atoms with Crippen LogP contribution in [0.15, 0.2) is 66.7 Å². The Morgan fingerprint density at radius 3 is 2.39 bits per heavy atom. The molecular weight excluding hydrogens is 470 g/mol. The third-order valence-electron chi connectivity index (χ3n) is 6.45. The number of fused-ring (bicyclic) bond motifs is 1. The number of carbonyl (C=O) groups is 1. The van der Waals surface area contributed by atoms with Gasteiger partial charge in [0.1, 0.15) is 11.5 Å². The van der Waals surface area contributed by atoms with Crippen LogP contribution in [0.4, 0.5) is 5.13 Å². The molecule has 5 rings (SSSR count). The highest BCUT2D eigenvalue weighted by Gasteiger charge is 2.23. The number of anilines is 1. The van der Waals surface area contributed by atoms with Gasteiger partial charge in [-0.3, -0.25) is 14.6 Å². The summed E-state index contributed by atoms with van der Waals surface area (Å²) < 4.78 is 12.5. The molecule has 1 fully saturated rings. The molecule has 0 saturated carbocycles. The molecule has 186 valence electrons. The fourth-order valence-corrected chi connectivity index (χ4v) is 5.51. The van der Waals surface area contributed by atoms with E-state index < -0.39 is 0 Å². The van der Waals surface area contributed by atoms with E-state index >= 15 is 0 Å². The second-order valence-electron chi connectivity index (χ2n) is 9.08. The number of rotatable bonds is 8. The number of nitrogens with zero attached hydrogens (tertiary/aromatic N) is 3. The molecule has 0 aliphatic carbocycles.